The van der Waals surface area contributed by atoms with Gasteiger partial charge in [-0.15, -0.1) is 0 Å². The average Bonchev–Trinajstić information content (AvgIpc) is 3.37. The fourth-order valence-electron chi connectivity index (χ4n) is 3.31. The topological polar surface area (TPSA) is 30.9 Å². The van der Waals surface area contributed by atoms with E-state index in [1.807, 2.05) is 7.05 Å². The Kier molecular flexibility index (Phi) is 5.55. The number of aliphatic imine (C=N–C) groups is 1. The molecule has 4 heteroatoms. The molecule has 4 nitrogen and oxygen atoms in total. The van der Waals surface area contributed by atoms with Crippen molar-refractivity contribution in [1.82, 2.24) is 15.1 Å². The molecule has 0 unspecified atom stereocenters. The summed E-state index contributed by atoms with van der Waals surface area (Å²) in [5, 5.41) is 3.54. The van der Waals surface area contributed by atoms with Crippen LogP contribution in [0, 0.1) is 12.8 Å². The normalized spacial score (nSPS) is 19.9. The molecule has 126 valence electrons. The second-order valence-electron chi connectivity index (χ2n) is 6.96. The molecule has 1 aliphatic heterocycles. The molecule has 1 saturated heterocycles. The summed E-state index contributed by atoms with van der Waals surface area (Å²) in [6.45, 7) is 8.64. The molecule has 0 amide bonds. The number of benzene rings is 1. The van der Waals surface area contributed by atoms with Gasteiger partial charge < -0.3 is 10.2 Å². The van der Waals surface area contributed by atoms with Crippen molar-refractivity contribution in [2.24, 2.45) is 10.9 Å². The Labute approximate surface area is 140 Å². The molecule has 0 atom stereocenters. The molecule has 1 aliphatic carbocycles. The number of guanidine groups is 1. The summed E-state index contributed by atoms with van der Waals surface area (Å²) in [4.78, 5) is 9.41. The van der Waals surface area contributed by atoms with E-state index in [0.29, 0.717) is 0 Å². The molecule has 1 saturated carbocycles. The molecule has 0 aromatic heterocycles. The van der Waals surface area contributed by atoms with Crippen molar-refractivity contribution in [2.45, 2.75) is 32.7 Å². The van der Waals surface area contributed by atoms with Gasteiger partial charge in [-0.3, -0.25) is 9.89 Å². The van der Waals surface area contributed by atoms with Crippen LogP contribution in [0.1, 0.15) is 30.4 Å². The van der Waals surface area contributed by atoms with Gasteiger partial charge in [0.2, 0.25) is 0 Å². The third-order valence-corrected chi connectivity index (χ3v) is 4.90. The smallest absolute Gasteiger partial charge is 0.193 e. The standard InChI is InChI=1S/C19H30N4/c1-16-4-3-5-18(14-16)15-22-10-12-23(13-11-22)19(20-2)21-9-8-17-6-7-17/h3-5,14,17H,6-13,15H2,1-2H3,(H,20,21). The van der Waals surface area contributed by atoms with Gasteiger partial charge in [0, 0.05) is 46.3 Å². The van der Waals surface area contributed by atoms with Crippen LogP contribution in [0.25, 0.3) is 0 Å². The van der Waals surface area contributed by atoms with Crippen LogP contribution in [-0.2, 0) is 6.54 Å². The van der Waals surface area contributed by atoms with Gasteiger partial charge in [-0.2, -0.15) is 0 Å². The van der Waals surface area contributed by atoms with Crippen LogP contribution in [-0.4, -0.2) is 55.5 Å². The maximum atomic E-state index is 4.46. The van der Waals surface area contributed by atoms with E-state index in [-0.39, 0.29) is 0 Å². The van der Waals surface area contributed by atoms with Gasteiger partial charge in [-0.05, 0) is 24.8 Å². The zero-order chi connectivity index (χ0) is 16.1. The first-order chi connectivity index (χ1) is 11.2. The van der Waals surface area contributed by atoms with E-state index in [1.54, 1.807) is 0 Å². The van der Waals surface area contributed by atoms with Crippen LogP contribution in [0.2, 0.25) is 0 Å². The van der Waals surface area contributed by atoms with Crippen molar-refractivity contribution >= 4 is 5.96 Å². The number of piperazine rings is 1. The van der Waals surface area contributed by atoms with Crippen molar-refractivity contribution in [2.75, 3.05) is 39.8 Å². The molecule has 0 spiro atoms. The predicted molar refractivity (Wildman–Crippen MR) is 96.7 cm³/mol. The molecule has 23 heavy (non-hydrogen) atoms. The molecular weight excluding hydrogens is 284 g/mol. The van der Waals surface area contributed by atoms with Gasteiger partial charge in [0.25, 0.3) is 0 Å². The highest BCUT2D eigenvalue weighted by molar-refractivity contribution is 5.79. The average molecular weight is 314 g/mol. The number of nitrogens with one attached hydrogen (secondary N) is 1. The third-order valence-electron chi connectivity index (χ3n) is 4.90. The lowest BCUT2D eigenvalue weighted by atomic mass is 10.1. The maximum absolute atomic E-state index is 4.46. The Morgan fingerprint density at radius 2 is 2.00 bits per heavy atom. The molecule has 3 rings (SSSR count). The lowest BCUT2D eigenvalue weighted by molar-refractivity contribution is 0.172. The van der Waals surface area contributed by atoms with Crippen LogP contribution in [0.5, 0.6) is 0 Å². The van der Waals surface area contributed by atoms with E-state index in [2.05, 4.69) is 51.3 Å². The van der Waals surface area contributed by atoms with Crippen LogP contribution in [0.15, 0.2) is 29.3 Å². The highest BCUT2D eigenvalue weighted by Crippen LogP contribution is 2.31. The zero-order valence-electron chi connectivity index (χ0n) is 14.6. The van der Waals surface area contributed by atoms with Crippen molar-refractivity contribution in [3.05, 3.63) is 35.4 Å². The van der Waals surface area contributed by atoms with E-state index < -0.39 is 0 Å². The van der Waals surface area contributed by atoms with Gasteiger partial charge in [0.15, 0.2) is 5.96 Å². The third kappa shape index (κ3) is 4.96. The molecule has 1 N–H and O–H groups in total. The molecule has 0 radical (unpaired) electrons. The summed E-state index contributed by atoms with van der Waals surface area (Å²) in [6.07, 6.45) is 4.15. The van der Waals surface area contributed by atoms with E-state index in [0.717, 1.165) is 51.1 Å². The fraction of sp³-hybridized carbons (Fsp3) is 0.632. The minimum atomic E-state index is 0.979. The van der Waals surface area contributed by atoms with Crippen LogP contribution >= 0.6 is 0 Å². The van der Waals surface area contributed by atoms with Crippen LogP contribution in [0.3, 0.4) is 0 Å². The molecule has 1 aromatic carbocycles. The van der Waals surface area contributed by atoms with Crippen molar-refractivity contribution in [1.29, 1.82) is 0 Å². The molecule has 2 aliphatic rings. The summed E-state index contributed by atoms with van der Waals surface area (Å²) in [6, 6.07) is 8.85. The Morgan fingerprint density at radius 3 is 2.65 bits per heavy atom. The summed E-state index contributed by atoms with van der Waals surface area (Å²) >= 11 is 0. The highest BCUT2D eigenvalue weighted by atomic mass is 15.3. The number of hydrogen-bond acceptors (Lipinski definition) is 2. The van der Waals surface area contributed by atoms with Crippen molar-refractivity contribution < 1.29 is 0 Å². The highest BCUT2D eigenvalue weighted by Gasteiger charge is 2.22. The summed E-state index contributed by atoms with van der Waals surface area (Å²) in [7, 11) is 1.90. The van der Waals surface area contributed by atoms with Gasteiger partial charge >= 0.3 is 0 Å². The first-order valence-electron chi connectivity index (χ1n) is 8.98. The first-order valence-corrected chi connectivity index (χ1v) is 8.98. The largest absolute Gasteiger partial charge is 0.356 e. The molecule has 1 aromatic rings. The molecule has 1 heterocycles. The molecular formula is C19H30N4. The lowest BCUT2D eigenvalue weighted by Crippen LogP contribution is -2.52. The van der Waals surface area contributed by atoms with Crippen molar-refractivity contribution in [3.8, 4) is 0 Å². The van der Waals surface area contributed by atoms with E-state index >= 15 is 0 Å². The number of hydrogen-bond donors (Lipinski definition) is 1. The lowest BCUT2D eigenvalue weighted by Gasteiger charge is -2.36. The maximum Gasteiger partial charge on any atom is 0.193 e. The number of aryl methyl sites for hydroxylation is 1. The molecule has 2 fully saturated rings. The Morgan fingerprint density at radius 1 is 1.22 bits per heavy atom. The minimum absolute atomic E-state index is 0.979. The number of rotatable bonds is 5. The quantitative estimate of drug-likeness (QED) is 0.669. The minimum Gasteiger partial charge on any atom is -0.356 e. The Hall–Kier alpha value is -1.55. The van der Waals surface area contributed by atoms with Gasteiger partial charge in [0.05, 0.1) is 0 Å². The molecule has 0 bridgehead atoms. The van der Waals surface area contributed by atoms with Crippen molar-refractivity contribution in [3.63, 3.8) is 0 Å². The Balaban J connectivity index is 1.43. The monoisotopic (exact) mass is 314 g/mol. The Bertz CT molecular complexity index is 528. The van der Waals surface area contributed by atoms with Crippen LogP contribution in [0.4, 0.5) is 0 Å². The van der Waals surface area contributed by atoms with Crippen LogP contribution < -0.4 is 5.32 Å². The first kappa shape index (κ1) is 16.3. The van der Waals surface area contributed by atoms with E-state index in [4.69, 9.17) is 0 Å². The van der Waals surface area contributed by atoms with Gasteiger partial charge in [-0.25, -0.2) is 0 Å². The van der Waals surface area contributed by atoms with Gasteiger partial charge in [0.1, 0.15) is 0 Å². The second kappa shape index (κ2) is 7.82. The summed E-state index contributed by atoms with van der Waals surface area (Å²) < 4.78 is 0. The SMILES string of the molecule is CN=C(NCCC1CC1)N1CCN(Cc2cccc(C)c2)CC1. The fourth-order valence-corrected chi connectivity index (χ4v) is 3.31. The summed E-state index contributed by atoms with van der Waals surface area (Å²) in [5.74, 6) is 2.06. The summed E-state index contributed by atoms with van der Waals surface area (Å²) in [5.41, 5.74) is 2.77. The second-order valence-corrected chi connectivity index (χ2v) is 6.96. The van der Waals surface area contributed by atoms with Gasteiger partial charge in [-0.1, -0.05) is 42.7 Å². The van der Waals surface area contributed by atoms with E-state index in [9.17, 15) is 0 Å². The zero-order valence-corrected chi connectivity index (χ0v) is 14.6. The van der Waals surface area contributed by atoms with E-state index in [1.165, 1.54) is 30.4 Å². The predicted octanol–water partition coefficient (Wildman–Crippen LogP) is 2.49. The number of nitrogens with zero attached hydrogens (tertiary/aromatic N) is 3.